The first-order valence-corrected chi connectivity index (χ1v) is 7.10. The summed E-state index contributed by atoms with van der Waals surface area (Å²) in [7, 11) is 3.19. The van der Waals surface area contributed by atoms with Gasteiger partial charge in [0.15, 0.2) is 0 Å². The van der Waals surface area contributed by atoms with Crippen LogP contribution in [0.1, 0.15) is 11.3 Å². The van der Waals surface area contributed by atoms with Crippen molar-refractivity contribution in [2.45, 2.75) is 0 Å². The van der Waals surface area contributed by atoms with Gasteiger partial charge in [0.05, 0.1) is 25.3 Å². The van der Waals surface area contributed by atoms with Crippen molar-refractivity contribution in [1.82, 2.24) is 9.97 Å². The number of aromatic nitrogens is 2. The first-order chi connectivity index (χ1) is 11.2. The van der Waals surface area contributed by atoms with Gasteiger partial charge in [0.2, 0.25) is 0 Å². The SMILES string of the molecule is COc1ccc(/C=C/c2nc3ccccc3[nH]c2=O)c(OC)c1. The van der Waals surface area contributed by atoms with Crippen LogP contribution in [0, 0.1) is 0 Å². The maximum Gasteiger partial charge on any atom is 0.274 e. The molecule has 0 saturated heterocycles. The van der Waals surface area contributed by atoms with E-state index in [1.165, 1.54) is 0 Å². The molecule has 3 rings (SSSR count). The van der Waals surface area contributed by atoms with Crippen LogP contribution in [-0.4, -0.2) is 24.2 Å². The topological polar surface area (TPSA) is 64.2 Å². The van der Waals surface area contributed by atoms with Crippen LogP contribution in [0.4, 0.5) is 0 Å². The zero-order chi connectivity index (χ0) is 16.2. The van der Waals surface area contributed by atoms with Gasteiger partial charge in [-0.25, -0.2) is 4.98 Å². The van der Waals surface area contributed by atoms with Gasteiger partial charge in [-0.15, -0.1) is 0 Å². The zero-order valence-corrected chi connectivity index (χ0v) is 12.9. The monoisotopic (exact) mass is 308 g/mol. The van der Waals surface area contributed by atoms with Gasteiger partial charge in [0, 0.05) is 11.6 Å². The molecule has 116 valence electrons. The summed E-state index contributed by atoms with van der Waals surface area (Å²) >= 11 is 0. The van der Waals surface area contributed by atoms with Crippen molar-refractivity contribution in [3.63, 3.8) is 0 Å². The van der Waals surface area contributed by atoms with Gasteiger partial charge < -0.3 is 14.5 Å². The molecule has 3 aromatic rings. The van der Waals surface area contributed by atoms with Crippen LogP contribution in [0.15, 0.2) is 47.3 Å². The number of methoxy groups -OCH3 is 2. The van der Waals surface area contributed by atoms with Crippen LogP contribution >= 0.6 is 0 Å². The fourth-order valence-electron chi connectivity index (χ4n) is 2.28. The van der Waals surface area contributed by atoms with E-state index in [0.717, 1.165) is 16.6 Å². The molecular weight excluding hydrogens is 292 g/mol. The van der Waals surface area contributed by atoms with E-state index in [1.807, 2.05) is 36.4 Å². The standard InChI is InChI=1S/C18H16N2O3/c1-22-13-9-7-12(17(11-13)23-2)8-10-16-18(21)20-15-6-4-3-5-14(15)19-16/h3-11H,1-2H3,(H,20,21)/b10-8+. The summed E-state index contributed by atoms with van der Waals surface area (Å²) in [5, 5.41) is 0. The molecule has 1 heterocycles. The summed E-state index contributed by atoms with van der Waals surface area (Å²) in [6.07, 6.45) is 3.47. The van der Waals surface area contributed by atoms with Gasteiger partial charge in [-0.3, -0.25) is 4.79 Å². The molecule has 23 heavy (non-hydrogen) atoms. The predicted molar refractivity (Wildman–Crippen MR) is 90.8 cm³/mol. The predicted octanol–water partition coefficient (Wildman–Crippen LogP) is 3.11. The number of aromatic amines is 1. The van der Waals surface area contributed by atoms with E-state index >= 15 is 0 Å². The average Bonchev–Trinajstić information content (AvgIpc) is 2.59. The van der Waals surface area contributed by atoms with Crippen LogP contribution in [-0.2, 0) is 0 Å². The molecule has 0 saturated carbocycles. The molecule has 2 aromatic carbocycles. The van der Waals surface area contributed by atoms with E-state index in [4.69, 9.17) is 9.47 Å². The Balaban J connectivity index is 2.00. The highest BCUT2D eigenvalue weighted by Crippen LogP contribution is 2.26. The normalized spacial score (nSPS) is 11.0. The number of nitrogens with one attached hydrogen (secondary N) is 1. The van der Waals surface area contributed by atoms with Crippen molar-refractivity contribution < 1.29 is 9.47 Å². The highest BCUT2D eigenvalue weighted by Gasteiger charge is 2.04. The van der Waals surface area contributed by atoms with Crippen molar-refractivity contribution in [2.75, 3.05) is 14.2 Å². The first-order valence-electron chi connectivity index (χ1n) is 7.10. The van der Waals surface area contributed by atoms with Crippen molar-refractivity contribution in [1.29, 1.82) is 0 Å². The number of ether oxygens (including phenoxy) is 2. The smallest absolute Gasteiger partial charge is 0.274 e. The lowest BCUT2D eigenvalue weighted by molar-refractivity contribution is 0.394. The van der Waals surface area contributed by atoms with Gasteiger partial charge >= 0.3 is 0 Å². The molecule has 0 aliphatic heterocycles. The van der Waals surface area contributed by atoms with E-state index in [9.17, 15) is 4.79 Å². The largest absolute Gasteiger partial charge is 0.497 e. The van der Waals surface area contributed by atoms with Gasteiger partial charge in [0.25, 0.3) is 5.56 Å². The minimum atomic E-state index is -0.229. The Morgan fingerprint density at radius 1 is 1.04 bits per heavy atom. The van der Waals surface area contributed by atoms with E-state index < -0.39 is 0 Å². The van der Waals surface area contributed by atoms with Crippen LogP contribution in [0.25, 0.3) is 23.2 Å². The fraction of sp³-hybridized carbons (Fsp3) is 0.111. The maximum absolute atomic E-state index is 12.1. The summed E-state index contributed by atoms with van der Waals surface area (Å²) in [4.78, 5) is 19.3. The van der Waals surface area contributed by atoms with Crippen molar-refractivity contribution in [3.05, 3.63) is 64.1 Å². The Labute approximate surface area is 133 Å². The number of rotatable bonds is 4. The van der Waals surface area contributed by atoms with Crippen LogP contribution in [0.5, 0.6) is 11.5 Å². The molecular formula is C18H16N2O3. The maximum atomic E-state index is 12.1. The lowest BCUT2D eigenvalue weighted by atomic mass is 10.1. The first kappa shape index (κ1) is 14.8. The Kier molecular flexibility index (Phi) is 4.10. The third kappa shape index (κ3) is 3.08. The molecule has 0 atom stereocenters. The quantitative estimate of drug-likeness (QED) is 0.804. The molecule has 0 bridgehead atoms. The molecule has 1 N–H and O–H groups in total. The number of H-pyrrole nitrogens is 1. The van der Waals surface area contributed by atoms with Crippen LogP contribution < -0.4 is 15.0 Å². The lowest BCUT2D eigenvalue weighted by Gasteiger charge is -2.07. The van der Waals surface area contributed by atoms with E-state index in [1.54, 1.807) is 32.4 Å². The molecule has 0 unspecified atom stereocenters. The van der Waals surface area contributed by atoms with Crippen molar-refractivity contribution in [3.8, 4) is 11.5 Å². The van der Waals surface area contributed by atoms with Crippen LogP contribution in [0.3, 0.4) is 0 Å². The minimum absolute atomic E-state index is 0.229. The lowest BCUT2D eigenvalue weighted by Crippen LogP contribution is -2.11. The third-order valence-electron chi connectivity index (χ3n) is 3.49. The highest BCUT2D eigenvalue weighted by molar-refractivity contribution is 5.77. The number of para-hydroxylation sites is 2. The summed E-state index contributed by atoms with van der Waals surface area (Å²) in [5.41, 5.74) is 2.42. The summed E-state index contributed by atoms with van der Waals surface area (Å²) in [5.74, 6) is 1.37. The molecule has 1 aromatic heterocycles. The van der Waals surface area contributed by atoms with Gasteiger partial charge in [-0.1, -0.05) is 12.1 Å². The summed E-state index contributed by atoms with van der Waals surface area (Å²) < 4.78 is 10.5. The van der Waals surface area contributed by atoms with Crippen molar-refractivity contribution in [2.24, 2.45) is 0 Å². The van der Waals surface area contributed by atoms with Gasteiger partial charge in [-0.05, 0) is 36.4 Å². The minimum Gasteiger partial charge on any atom is -0.497 e. The van der Waals surface area contributed by atoms with E-state index in [2.05, 4.69) is 9.97 Å². The molecule has 0 aliphatic carbocycles. The zero-order valence-electron chi connectivity index (χ0n) is 12.9. The number of nitrogens with zero attached hydrogens (tertiary/aromatic N) is 1. The van der Waals surface area contributed by atoms with Gasteiger partial charge in [-0.2, -0.15) is 0 Å². The molecule has 0 spiro atoms. The second-order valence-electron chi connectivity index (χ2n) is 4.91. The number of hydrogen-bond acceptors (Lipinski definition) is 4. The summed E-state index contributed by atoms with van der Waals surface area (Å²) in [6, 6.07) is 12.9. The number of hydrogen-bond donors (Lipinski definition) is 1. The van der Waals surface area contributed by atoms with Crippen LogP contribution in [0.2, 0.25) is 0 Å². The Morgan fingerprint density at radius 2 is 1.87 bits per heavy atom. The second kappa shape index (κ2) is 6.36. The van der Waals surface area contributed by atoms with Crippen molar-refractivity contribution >= 4 is 23.2 Å². The average molecular weight is 308 g/mol. The molecule has 5 heteroatoms. The van der Waals surface area contributed by atoms with E-state index in [-0.39, 0.29) is 5.56 Å². The summed E-state index contributed by atoms with van der Waals surface area (Å²) in [6.45, 7) is 0. The highest BCUT2D eigenvalue weighted by atomic mass is 16.5. The molecule has 0 amide bonds. The third-order valence-corrected chi connectivity index (χ3v) is 3.49. The Morgan fingerprint density at radius 3 is 2.65 bits per heavy atom. The Bertz CT molecular complexity index is 929. The van der Waals surface area contributed by atoms with Gasteiger partial charge in [0.1, 0.15) is 17.2 Å². The molecule has 0 aliphatic rings. The molecule has 0 radical (unpaired) electrons. The molecule has 5 nitrogen and oxygen atoms in total. The fourth-order valence-corrected chi connectivity index (χ4v) is 2.28. The second-order valence-corrected chi connectivity index (χ2v) is 4.91. The Hall–Kier alpha value is -3.08. The molecule has 0 fully saturated rings. The van der Waals surface area contributed by atoms with E-state index in [0.29, 0.717) is 17.2 Å². The number of fused-ring (bicyclic) bond motifs is 1. The number of benzene rings is 2.